The lowest BCUT2D eigenvalue weighted by molar-refractivity contribution is 0.574. The van der Waals surface area contributed by atoms with Crippen LogP contribution in [0.3, 0.4) is 0 Å². The molecule has 0 spiro atoms. The number of benzene rings is 1. The van der Waals surface area contributed by atoms with Gasteiger partial charge >= 0.3 is 0 Å². The standard InChI is InChI=1S/C16H13F2N3S/c1-9-6-14(22-8-9)15-11-4-5-19-16(11)21(20-15)13-3-2-10(17)7-12(13)18/h2-3,6-8,19H,4-5H2,1H3. The summed E-state index contributed by atoms with van der Waals surface area (Å²) in [6.07, 6.45) is 0.852. The van der Waals surface area contributed by atoms with Gasteiger partial charge in [0, 0.05) is 18.2 Å². The average molecular weight is 317 g/mol. The van der Waals surface area contributed by atoms with E-state index in [9.17, 15) is 8.78 Å². The molecule has 3 nitrogen and oxygen atoms in total. The van der Waals surface area contributed by atoms with E-state index in [-0.39, 0.29) is 5.69 Å². The summed E-state index contributed by atoms with van der Waals surface area (Å²) in [5.41, 5.74) is 3.40. The first kappa shape index (κ1) is 13.5. The highest BCUT2D eigenvalue weighted by Crippen LogP contribution is 2.37. The van der Waals surface area contributed by atoms with Crippen LogP contribution >= 0.6 is 11.3 Å². The summed E-state index contributed by atoms with van der Waals surface area (Å²) in [4.78, 5) is 1.07. The molecule has 3 aromatic rings. The Morgan fingerprint density at radius 1 is 1.27 bits per heavy atom. The van der Waals surface area contributed by atoms with Crippen LogP contribution in [0.5, 0.6) is 0 Å². The number of rotatable bonds is 2. The molecule has 6 heteroatoms. The van der Waals surface area contributed by atoms with E-state index in [1.54, 1.807) is 16.0 Å². The van der Waals surface area contributed by atoms with Gasteiger partial charge in [0.1, 0.15) is 23.0 Å². The minimum atomic E-state index is -0.618. The number of anilines is 1. The van der Waals surface area contributed by atoms with Crippen molar-refractivity contribution in [1.82, 2.24) is 9.78 Å². The van der Waals surface area contributed by atoms with Gasteiger partial charge in [-0.2, -0.15) is 5.10 Å². The topological polar surface area (TPSA) is 29.9 Å². The van der Waals surface area contributed by atoms with Crippen LogP contribution in [-0.4, -0.2) is 16.3 Å². The van der Waals surface area contributed by atoms with Crippen molar-refractivity contribution in [2.75, 3.05) is 11.9 Å². The van der Waals surface area contributed by atoms with Crippen LogP contribution < -0.4 is 5.32 Å². The van der Waals surface area contributed by atoms with Gasteiger partial charge in [0.15, 0.2) is 5.82 Å². The first-order chi connectivity index (χ1) is 10.6. The number of nitrogens with zero attached hydrogens (tertiary/aromatic N) is 2. The minimum Gasteiger partial charge on any atom is -0.369 e. The van der Waals surface area contributed by atoms with E-state index in [2.05, 4.69) is 21.9 Å². The molecule has 1 aliphatic rings. The fourth-order valence-electron chi connectivity index (χ4n) is 2.76. The Bertz CT molecular complexity index is 866. The van der Waals surface area contributed by atoms with E-state index in [0.29, 0.717) is 0 Å². The van der Waals surface area contributed by atoms with Crippen LogP contribution in [0.2, 0.25) is 0 Å². The molecule has 1 aliphatic heterocycles. The van der Waals surface area contributed by atoms with Crippen molar-refractivity contribution in [3.8, 4) is 16.3 Å². The molecule has 1 N–H and O–H groups in total. The Hall–Kier alpha value is -2.21. The summed E-state index contributed by atoms with van der Waals surface area (Å²) < 4.78 is 28.8. The maximum Gasteiger partial charge on any atom is 0.151 e. The van der Waals surface area contributed by atoms with Crippen LogP contribution in [0.25, 0.3) is 16.3 Å². The van der Waals surface area contributed by atoms with Crippen LogP contribution in [0.15, 0.2) is 29.6 Å². The Morgan fingerprint density at radius 2 is 2.14 bits per heavy atom. The van der Waals surface area contributed by atoms with Crippen LogP contribution in [0.1, 0.15) is 11.1 Å². The zero-order valence-corrected chi connectivity index (χ0v) is 12.7. The molecular weight excluding hydrogens is 304 g/mol. The summed E-state index contributed by atoms with van der Waals surface area (Å²) in [6.45, 7) is 2.84. The number of halogens is 2. The molecule has 2 aromatic heterocycles. The third-order valence-corrected chi connectivity index (χ3v) is 4.81. The molecule has 3 heterocycles. The van der Waals surface area contributed by atoms with E-state index in [1.807, 2.05) is 6.92 Å². The van der Waals surface area contributed by atoms with Crippen molar-refractivity contribution < 1.29 is 8.78 Å². The lowest BCUT2D eigenvalue weighted by Crippen LogP contribution is -2.06. The van der Waals surface area contributed by atoms with E-state index >= 15 is 0 Å². The molecule has 0 aliphatic carbocycles. The summed E-state index contributed by atoms with van der Waals surface area (Å²) in [5.74, 6) is -0.411. The van der Waals surface area contributed by atoms with Gasteiger partial charge in [-0.1, -0.05) is 0 Å². The molecule has 0 amide bonds. The van der Waals surface area contributed by atoms with Crippen molar-refractivity contribution in [1.29, 1.82) is 0 Å². The van der Waals surface area contributed by atoms with Gasteiger partial charge in [0.05, 0.1) is 4.88 Å². The third kappa shape index (κ3) is 2.02. The fourth-order valence-corrected chi connectivity index (χ4v) is 3.67. The quantitative estimate of drug-likeness (QED) is 0.769. The third-order valence-electron chi connectivity index (χ3n) is 3.75. The number of hydrogen-bond acceptors (Lipinski definition) is 3. The van der Waals surface area contributed by atoms with Crippen LogP contribution in [0.4, 0.5) is 14.6 Å². The molecular formula is C16H13F2N3S. The molecule has 0 fully saturated rings. The van der Waals surface area contributed by atoms with Crippen molar-refractivity contribution in [3.05, 3.63) is 52.4 Å². The number of hydrogen-bond donors (Lipinski definition) is 1. The Morgan fingerprint density at radius 3 is 2.86 bits per heavy atom. The van der Waals surface area contributed by atoms with Crippen molar-refractivity contribution in [3.63, 3.8) is 0 Å². The maximum absolute atomic E-state index is 14.1. The number of aromatic nitrogens is 2. The maximum atomic E-state index is 14.1. The van der Waals surface area contributed by atoms with Gasteiger partial charge in [0.25, 0.3) is 0 Å². The van der Waals surface area contributed by atoms with E-state index < -0.39 is 11.6 Å². The Balaban J connectivity index is 1.91. The number of nitrogens with one attached hydrogen (secondary N) is 1. The fraction of sp³-hybridized carbons (Fsp3) is 0.188. The highest BCUT2D eigenvalue weighted by atomic mass is 32.1. The summed E-state index contributed by atoms with van der Waals surface area (Å²) in [7, 11) is 0. The Kier molecular flexibility index (Phi) is 3.00. The second-order valence-corrected chi connectivity index (χ2v) is 6.26. The molecule has 0 saturated heterocycles. The zero-order valence-electron chi connectivity index (χ0n) is 11.9. The van der Waals surface area contributed by atoms with E-state index in [4.69, 9.17) is 0 Å². The smallest absolute Gasteiger partial charge is 0.151 e. The predicted octanol–water partition coefficient (Wildman–Crippen LogP) is 4.16. The first-order valence-electron chi connectivity index (χ1n) is 7.00. The highest BCUT2D eigenvalue weighted by Gasteiger charge is 2.25. The lowest BCUT2D eigenvalue weighted by Gasteiger charge is -2.07. The molecule has 0 saturated carbocycles. The van der Waals surface area contributed by atoms with Crippen LogP contribution in [-0.2, 0) is 6.42 Å². The summed E-state index contributed by atoms with van der Waals surface area (Å²) in [5, 5.41) is 9.90. The molecule has 112 valence electrons. The SMILES string of the molecule is Cc1csc(-c2nn(-c3ccc(F)cc3F)c3c2CCN3)c1. The van der Waals surface area contributed by atoms with Gasteiger partial charge in [-0.15, -0.1) is 11.3 Å². The zero-order chi connectivity index (χ0) is 15.3. The summed E-state index contributed by atoms with van der Waals surface area (Å²) >= 11 is 1.63. The number of fused-ring (bicyclic) bond motifs is 1. The van der Waals surface area contributed by atoms with E-state index in [1.165, 1.54) is 17.7 Å². The number of aryl methyl sites for hydroxylation is 1. The Labute approximate surface area is 130 Å². The molecule has 0 bridgehead atoms. The van der Waals surface area contributed by atoms with E-state index in [0.717, 1.165) is 41.0 Å². The van der Waals surface area contributed by atoms with Gasteiger partial charge in [-0.25, -0.2) is 13.5 Å². The molecule has 0 atom stereocenters. The van der Waals surface area contributed by atoms with Crippen molar-refractivity contribution in [2.45, 2.75) is 13.3 Å². The molecule has 4 rings (SSSR count). The highest BCUT2D eigenvalue weighted by molar-refractivity contribution is 7.13. The van der Waals surface area contributed by atoms with Crippen LogP contribution in [0, 0.1) is 18.6 Å². The van der Waals surface area contributed by atoms with Gasteiger partial charge < -0.3 is 5.32 Å². The molecule has 22 heavy (non-hydrogen) atoms. The predicted molar refractivity (Wildman–Crippen MR) is 83.7 cm³/mol. The average Bonchev–Trinajstić information content (AvgIpc) is 3.15. The lowest BCUT2D eigenvalue weighted by atomic mass is 10.1. The molecule has 0 unspecified atom stereocenters. The number of thiophene rings is 1. The normalized spacial score (nSPS) is 13.2. The molecule has 0 radical (unpaired) electrons. The van der Waals surface area contributed by atoms with Crippen molar-refractivity contribution >= 4 is 17.2 Å². The first-order valence-corrected chi connectivity index (χ1v) is 7.88. The second-order valence-electron chi connectivity index (χ2n) is 5.35. The monoisotopic (exact) mass is 317 g/mol. The second kappa shape index (κ2) is 4.91. The van der Waals surface area contributed by atoms with Gasteiger partial charge in [0.2, 0.25) is 0 Å². The van der Waals surface area contributed by atoms with Gasteiger partial charge in [-0.05, 0) is 42.5 Å². The molecule has 1 aromatic carbocycles. The van der Waals surface area contributed by atoms with Crippen molar-refractivity contribution in [2.24, 2.45) is 0 Å². The summed E-state index contributed by atoms with van der Waals surface area (Å²) in [6, 6.07) is 5.63. The van der Waals surface area contributed by atoms with Gasteiger partial charge in [-0.3, -0.25) is 0 Å². The minimum absolute atomic E-state index is 0.256. The largest absolute Gasteiger partial charge is 0.369 e.